The summed E-state index contributed by atoms with van der Waals surface area (Å²) >= 11 is 5.18. The minimum Gasteiger partial charge on any atom is -0.504 e. The van der Waals surface area contributed by atoms with Crippen molar-refractivity contribution < 1.29 is 14.9 Å². The highest BCUT2D eigenvalue weighted by atomic mass is 32.1. The predicted molar refractivity (Wildman–Crippen MR) is 100 cm³/mol. The van der Waals surface area contributed by atoms with Gasteiger partial charge in [-0.05, 0) is 49.8 Å². The van der Waals surface area contributed by atoms with E-state index in [1.807, 2.05) is 32.0 Å². The first-order chi connectivity index (χ1) is 12.5. The fourth-order valence-corrected chi connectivity index (χ4v) is 2.61. The van der Waals surface area contributed by atoms with Crippen molar-refractivity contribution in [3.05, 3.63) is 63.7 Å². The third kappa shape index (κ3) is 3.75. The quantitative estimate of drug-likeness (QED) is 0.363. The first-order valence-electron chi connectivity index (χ1n) is 7.87. The van der Waals surface area contributed by atoms with Gasteiger partial charge in [0, 0.05) is 5.56 Å². The zero-order chi connectivity index (χ0) is 18.7. The van der Waals surface area contributed by atoms with E-state index in [0.29, 0.717) is 16.2 Å². The number of aryl methyl sites for hydroxylation is 2. The van der Waals surface area contributed by atoms with Crippen molar-refractivity contribution in [2.75, 3.05) is 0 Å². The van der Waals surface area contributed by atoms with Gasteiger partial charge in [0.15, 0.2) is 17.3 Å². The van der Waals surface area contributed by atoms with E-state index in [9.17, 15) is 10.2 Å². The van der Waals surface area contributed by atoms with Crippen molar-refractivity contribution in [2.24, 2.45) is 5.10 Å². The van der Waals surface area contributed by atoms with E-state index >= 15 is 0 Å². The molecule has 0 aliphatic heterocycles. The summed E-state index contributed by atoms with van der Waals surface area (Å²) in [6, 6.07) is 10.5. The molecule has 3 N–H and O–H groups in total. The van der Waals surface area contributed by atoms with E-state index in [1.54, 1.807) is 12.1 Å². The minimum absolute atomic E-state index is 0.167. The summed E-state index contributed by atoms with van der Waals surface area (Å²) in [5, 5.41) is 30.4. The zero-order valence-electron chi connectivity index (χ0n) is 14.3. The van der Waals surface area contributed by atoms with Gasteiger partial charge in [0.05, 0.1) is 6.21 Å². The van der Waals surface area contributed by atoms with Crippen LogP contribution in [0, 0.1) is 18.6 Å². The fraction of sp³-hybridized carbons (Fsp3) is 0.167. The highest BCUT2D eigenvalue weighted by Gasteiger charge is 2.09. The van der Waals surface area contributed by atoms with Gasteiger partial charge < -0.3 is 14.9 Å². The van der Waals surface area contributed by atoms with Crippen molar-refractivity contribution in [3.63, 3.8) is 0 Å². The molecule has 0 fully saturated rings. The summed E-state index contributed by atoms with van der Waals surface area (Å²) in [7, 11) is 0. The Bertz CT molecular complexity index is 1020. The Morgan fingerprint density at radius 3 is 2.85 bits per heavy atom. The number of aromatic nitrogens is 3. The lowest BCUT2D eigenvalue weighted by atomic mass is 10.1. The minimum atomic E-state index is -0.251. The number of ether oxygens (including phenoxy) is 1. The molecule has 8 heteroatoms. The topological polar surface area (TPSA) is 95.7 Å². The number of phenols is 2. The van der Waals surface area contributed by atoms with Crippen LogP contribution in [0.1, 0.15) is 22.5 Å². The number of H-pyrrole nitrogens is 1. The van der Waals surface area contributed by atoms with Crippen LogP contribution in [0.2, 0.25) is 0 Å². The molecule has 0 saturated carbocycles. The van der Waals surface area contributed by atoms with Gasteiger partial charge >= 0.3 is 0 Å². The Labute approximate surface area is 155 Å². The van der Waals surface area contributed by atoms with E-state index in [2.05, 4.69) is 15.3 Å². The summed E-state index contributed by atoms with van der Waals surface area (Å²) in [5.74, 6) is 0.763. The average Bonchev–Trinajstić information content (AvgIpc) is 2.95. The molecule has 7 nitrogen and oxygen atoms in total. The molecule has 26 heavy (non-hydrogen) atoms. The second-order valence-corrected chi connectivity index (χ2v) is 6.16. The van der Waals surface area contributed by atoms with Crippen LogP contribution in [-0.2, 0) is 6.61 Å². The third-order valence-electron chi connectivity index (χ3n) is 3.76. The lowest BCUT2D eigenvalue weighted by Crippen LogP contribution is -2.05. The molecular formula is C18H18N4O3S. The van der Waals surface area contributed by atoms with E-state index in [-0.39, 0.29) is 18.1 Å². The highest BCUT2D eigenvalue weighted by molar-refractivity contribution is 7.71. The number of benzene rings is 2. The second kappa shape index (κ2) is 7.40. The number of phenolic OH excluding ortho intramolecular Hbond substituents is 2. The Morgan fingerprint density at radius 2 is 2.08 bits per heavy atom. The standard InChI is InChI=1S/C18H18N4O3S/c1-11-6-7-15(12(2)8-11)25-10-16-20-21-18(26)22(16)19-9-13-4-3-5-14(23)17(13)24/h3-9,23-24H,10H2,1-2H3,(H,21,26)/b19-9+. The number of nitrogens with one attached hydrogen (secondary N) is 1. The van der Waals surface area contributed by atoms with Crippen LogP contribution < -0.4 is 4.74 Å². The van der Waals surface area contributed by atoms with Crippen LogP contribution in [-0.4, -0.2) is 31.3 Å². The molecule has 3 rings (SSSR count). The summed E-state index contributed by atoms with van der Waals surface area (Å²) < 4.78 is 7.51. The van der Waals surface area contributed by atoms with Crippen molar-refractivity contribution in [1.29, 1.82) is 0 Å². The van der Waals surface area contributed by atoms with Gasteiger partial charge in [0.2, 0.25) is 4.77 Å². The van der Waals surface area contributed by atoms with Gasteiger partial charge in [-0.15, -0.1) is 0 Å². The van der Waals surface area contributed by atoms with Crippen molar-refractivity contribution in [1.82, 2.24) is 14.9 Å². The predicted octanol–water partition coefficient (Wildman–Crippen LogP) is 3.43. The number of nitrogens with zero attached hydrogens (tertiary/aromatic N) is 3. The van der Waals surface area contributed by atoms with Crippen LogP contribution in [0.25, 0.3) is 0 Å². The summed E-state index contributed by atoms with van der Waals surface area (Å²) in [6.45, 7) is 4.16. The molecule has 1 heterocycles. The average molecular weight is 370 g/mol. The third-order valence-corrected chi connectivity index (χ3v) is 4.03. The number of hydrogen-bond donors (Lipinski definition) is 3. The molecule has 0 aliphatic carbocycles. The number of rotatable bonds is 5. The second-order valence-electron chi connectivity index (χ2n) is 5.77. The smallest absolute Gasteiger partial charge is 0.216 e. The van der Waals surface area contributed by atoms with Crippen LogP contribution in [0.3, 0.4) is 0 Å². The van der Waals surface area contributed by atoms with Crippen molar-refractivity contribution in [2.45, 2.75) is 20.5 Å². The maximum absolute atomic E-state index is 9.85. The highest BCUT2D eigenvalue weighted by Crippen LogP contribution is 2.26. The zero-order valence-corrected chi connectivity index (χ0v) is 15.1. The Morgan fingerprint density at radius 1 is 1.27 bits per heavy atom. The number of aromatic amines is 1. The Kier molecular flexibility index (Phi) is 5.04. The molecule has 1 aromatic heterocycles. The monoisotopic (exact) mass is 370 g/mol. The van der Waals surface area contributed by atoms with Crippen LogP contribution in [0.4, 0.5) is 0 Å². The molecule has 0 amide bonds. The Balaban J connectivity index is 1.82. The molecule has 2 aromatic carbocycles. The molecular weight excluding hydrogens is 352 g/mol. The van der Waals surface area contributed by atoms with Gasteiger partial charge in [-0.25, -0.2) is 5.10 Å². The van der Waals surface area contributed by atoms with Crippen molar-refractivity contribution >= 4 is 18.4 Å². The van der Waals surface area contributed by atoms with Crippen LogP contribution >= 0.6 is 12.2 Å². The molecule has 0 unspecified atom stereocenters. The fourth-order valence-electron chi connectivity index (χ4n) is 2.41. The van der Waals surface area contributed by atoms with Crippen LogP contribution in [0.15, 0.2) is 41.5 Å². The SMILES string of the molecule is Cc1ccc(OCc2n[nH]c(=S)n2/N=C/c2cccc(O)c2O)c(C)c1. The van der Waals surface area contributed by atoms with Gasteiger partial charge in [-0.2, -0.15) is 14.9 Å². The lowest BCUT2D eigenvalue weighted by molar-refractivity contribution is 0.288. The molecule has 0 saturated heterocycles. The Hall–Kier alpha value is -3.13. The lowest BCUT2D eigenvalue weighted by Gasteiger charge is -2.09. The van der Waals surface area contributed by atoms with Gasteiger partial charge in [-0.1, -0.05) is 23.8 Å². The summed E-state index contributed by atoms with van der Waals surface area (Å²) in [4.78, 5) is 0. The first-order valence-corrected chi connectivity index (χ1v) is 8.28. The number of hydrogen-bond acceptors (Lipinski definition) is 6. The van der Waals surface area contributed by atoms with E-state index < -0.39 is 0 Å². The molecule has 0 bridgehead atoms. The first kappa shape index (κ1) is 17.7. The molecule has 0 radical (unpaired) electrons. The normalized spacial score (nSPS) is 11.2. The number of aromatic hydroxyl groups is 2. The molecule has 0 atom stereocenters. The van der Waals surface area contributed by atoms with Gasteiger partial charge in [0.1, 0.15) is 12.4 Å². The van der Waals surface area contributed by atoms with Crippen molar-refractivity contribution in [3.8, 4) is 17.2 Å². The summed E-state index contributed by atoms with van der Waals surface area (Å²) in [5.41, 5.74) is 2.54. The van der Waals surface area contributed by atoms with Gasteiger partial charge in [0.25, 0.3) is 0 Å². The molecule has 0 aliphatic rings. The van der Waals surface area contributed by atoms with E-state index in [1.165, 1.54) is 17.0 Å². The summed E-state index contributed by atoms with van der Waals surface area (Å²) in [6.07, 6.45) is 1.39. The maximum atomic E-state index is 9.85. The number of para-hydroxylation sites is 1. The molecule has 3 aromatic rings. The largest absolute Gasteiger partial charge is 0.504 e. The van der Waals surface area contributed by atoms with Gasteiger partial charge in [-0.3, -0.25) is 0 Å². The maximum Gasteiger partial charge on any atom is 0.216 e. The van der Waals surface area contributed by atoms with E-state index in [0.717, 1.165) is 16.9 Å². The van der Waals surface area contributed by atoms with E-state index in [4.69, 9.17) is 17.0 Å². The van der Waals surface area contributed by atoms with Crippen LogP contribution in [0.5, 0.6) is 17.2 Å². The molecule has 134 valence electrons. The molecule has 0 spiro atoms.